The summed E-state index contributed by atoms with van der Waals surface area (Å²) in [4.78, 5) is 11.4. The van der Waals surface area contributed by atoms with Gasteiger partial charge < -0.3 is 16.2 Å². The van der Waals surface area contributed by atoms with Crippen molar-refractivity contribution in [1.29, 1.82) is 0 Å². The number of hydrogen-bond donors (Lipinski definition) is 3. The molecule has 6 heteroatoms. The van der Waals surface area contributed by atoms with Gasteiger partial charge in [0.2, 0.25) is 5.91 Å². The predicted octanol–water partition coefficient (Wildman–Crippen LogP) is -0.648. The predicted molar refractivity (Wildman–Crippen MR) is 55.9 cm³/mol. The highest BCUT2D eigenvalue weighted by molar-refractivity contribution is 5.75. The number of aromatic nitrogens is 2. The van der Waals surface area contributed by atoms with Crippen LogP contribution in [0.15, 0.2) is 12.3 Å². The number of nitrogens with zero attached hydrogens (tertiary/aromatic N) is 2. The molecule has 0 fully saturated rings. The first kappa shape index (κ1) is 11.5. The standard InChI is InChI=1S/C9H16N4O2/c1-7(3-5-14)11-9(15)6-13-4-2-8(10)12-13/h2,4,7,14H,3,5-6H2,1H3,(H2,10,12)(H,11,15). The molecule has 0 bridgehead atoms. The zero-order chi connectivity index (χ0) is 11.3. The molecule has 1 amide bonds. The van der Waals surface area contributed by atoms with E-state index >= 15 is 0 Å². The molecular formula is C9H16N4O2. The van der Waals surface area contributed by atoms with E-state index < -0.39 is 0 Å². The molecule has 4 N–H and O–H groups in total. The van der Waals surface area contributed by atoms with Crippen LogP contribution in [0.1, 0.15) is 13.3 Å². The molecule has 0 spiro atoms. The van der Waals surface area contributed by atoms with Crippen LogP contribution in [0.3, 0.4) is 0 Å². The van der Waals surface area contributed by atoms with Gasteiger partial charge in [-0.2, -0.15) is 5.10 Å². The lowest BCUT2D eigenvalue weighted by atomic mass is 10.2. The van der Waals surface area contributed by atoms with E-state index in [2.05, 4.69) is 10.4 Å². The summed E-state index contributed by atoms with van der Waals surface area (Å²) in [6.07, 6.45) is 2.19. The topological polar surface area (TPSA) is 93.2 Å². The van der Waals surface area contributed by atoms with E-state index in [0.29, 0.717) is 12.2 Å². The highest BCUT2D eigenvalue weighted by Crippen LogP contribution is 1.96. The Hall–Kier alpha value is -1.56. The molecule has 1 aromatic rings. The van der Waals surface area contributed by atoms with Gasteiger partial charge in [0.15, 0.2) is 0 Å². The fourth-order valence-electron chi connectivity index (χ4n) is 1.20. The van der Waals surface area contributed by atoms with Gasteiger partial charge in [0.05, 0.1) is 0 Å². The van der Waals surface area contributed by atoms with Gasteiger partial charge in [0.25, 0.3) is 0 Å². The van der Waals surface area contributed by atoms with E-state index in [4.69, 9.17) is 10.8 Å². The first-order chi connectivity index (χ1) is 7.11. The van der Waals surface area contributed by atoms with E-state index in [1.54, 1.807) is 12.3 Å². The Bertz CT molecular complexity index is 324. The van der Waals surface area contributed by atoms with Crippen LogP contribution in [0.25, 0.3) is 0 Å². The van der Waals surface area contributed by atoms with Gasteiger partial charge in [-0.1, -0.05) is 0 Å². The van der Waals surface area contributed by atoms with Crippen LogP contribution >= 0.6 is 0 Å². The van der Waals surface area contributed by atoms with Gasteiger partial charge >= 0.3 is 0 Å². The monoisotopic (exact) mass is 212 g/mol. The second-order valence-corrected chi connectivity index (χ2v) is 3.42. The minimum atomic E-state index is -0.140. The molecule has 6 nitrogen and oxygen atoms in total. The van der Waals surface area contributed by atoms with Gasteiger partial charge in [0, 0.05) is 18.8 Å². The lowest BCUT2D eigenvalue weighted by Crippen LogP contribution is -2.35. The zero-order valence-corrected chi connectivity index (χ0v) is 8.68. The zero-order valence-electron chi connectivity index (χ0n) is 8.68. The second kappa shape index (κ2) is 5.35. The molecule has 0 aliphatic carbocycles. The molecule has 0 aliphatic rings. The number of carbonyl (C=O) groups excluding carboxylic acids is 1. The molecule has 0 aliphatic heterocycles. The maximum Gasteiger partial charge on any atom is 0.241 e. The van der Waals surface area contributed by atoms with Gasteiger partial charge in [-0.05, 0) is 19.4 Å². The molecule has 15 heavy (non-hydrogen) atoms. The third-order valence-electron chi connectivity index (χ3n) is 1.94. The van der Waals surface area contributed by atoms with Crippen molar-refractivity contribution in [2.24, 2.45) is 0 Å². The van der Waals surface area contributed by atoms with Crippen LogP contribution in [-0.4, -0.2) is 33.4 Å². The van der Waals surface area contributed by atoms with Gasteiger partial charge in [-0.3, -0.25) is 9.48 Å². The number of hydrogen-bond acceptors (Lipinski definition) is 4. The normalized spacial score (nSPS) is 12.4. The van der Waals surface area contributed by atoms with E-state index in [9.17, 15) is 4.79 Å². The number of anilines is 1. The molecule has 1 aromatic heterocycles. The quantitative estimate of drug-likeness (QED) is 0.604. The van der Waals surface area contributed by atoms with Gasteiger partial charge in [0.1, 0.15) is 12.4 Å². The lowest BCUT2D eigenvalue weighted by Gasteiger charge is -2.12. The molecule has 1 unspecified atom stereocenters. The van der Waals surface area contributed by atoms with Crippen LogP contribution < -0.4 is 11.1 Å². The Kier molecular flexibility index (Phi) is 4.11. The largest absolute Gasteiger partial charge is 0.396 e. The first-order valence-corrected chi connectivity index (χ1v) is 4.81. The van der Waals surface area contributed by atoms with Crippen molar-refractivity contribution in [3.05, 3.63) is 12.3 Å². The summed E-state index contributed by atoms with van der Waals surface area (Å²) in [7, 11) is 0. The molecule has 84 valence electrons. The van der Waals surface area contributed by atoms with Crippen LogP contribution in [0.2, 0.25) is 0 Å². The molecule has 0 saturated carbocycles. The first-order valence-electron chi connectivity index (χ1n) is 4.81. The summed E-state index contributed by atoms with van der Waals surface area (Å²) in [5.41, 5.74) is 5.41. The number of nitrogens with two attached hydrogens (primary N) is 1. The highest BCUT2D eigenvalue weighted by atomic mass is 16.3. The summed E-state index contributed by atoms with van der Waals surface area (Å²) in [5.74, 6) is 0.255. The smallest absolute Gasteiger partial charge is 0.241 e. The van der Waals surface area contributed by atoms with Crippen molar-refractivity contribution in [3.63, 3.8) is 0 Å². The average Bonchev–Trinajstić information content (AvgIpc) is 2.51. The van der Waals surface area contributed by atoms with E-state index in [0.717, 1.165) is 0 Å². The molecule has 1 heterocycles. The molecular weight excluding hydrogens is 196 g/mol. The van der Waals surface area contributed by atoms with Crippen molar-refractivity contribution >= 4 is 11.7 Å². The maximum absolute atomic E-state index is 11.4. The summed E-state index contributed by atoms with van der Waals surface area (Å²) in [6, 6.07) is 1.60. The molecule has 1 atom stereocenters. The highest BCUT2D eigenvalue weighted by Gasteiger charge is 2.07. The number of aliphatic hydroxyl groups excluding tert-OH is 1. The van der Waals surface area contributed by atoms with E-state index in [-0.39, 0.29) is 25.1 Å². The summed E-state index contributed by atoms with van der Waals surface area (Å²) in [5, 5.41) is 15.3. The Balaban J connectivity index is 2.36. The minimum Gasteiger partial charge on any atom is -0.396 e. The maximum atomic E-state index is 11.4. The fourth-order valence-corrected chi connectivity index (χ4v) is 1.20. The third-order valence-corrected chi connectivity index (χ3v) is 1.94. The van der Waals surface area contributed by atoms with E-state index in [1.807, 2.05) is 6.92 Å². The van der Waals surface area contributed by atoms with Crippen molar-refractivity contribution in [2.75, 3.05) is 12.3 Å². The van der Waals surface area contributed by atoms with Crippen molar-refractivity contribution < 1.29 is 9.90 Å². The average molecular weight is 212 g/mol. The number of rotatable bonds is 5. The number of carbonyl (C=O) groups is 1. The van der Waals surface area contributed by atoms with Crippen molar-refractivity contribution in [3.8, 4) is 0 Å². The van der Waals surface area contributed by atoms with Crippen LogP contribution in [-0.2, 0) is 11.3 Å². The molecule has 0 saturated heterocycles. The van der Waals surface area contributed by atoms with Crippen LogP contribution in [0.4, 0.5) is 5.82 Å². The fraction of sp³-hybridized carbons (Fsp3) is 0.556. The molecule has 1 rings (SSSR count). The summed E-state index contributed by atoms with van der Waals surface area (Å²) in [6.45, 7) is 2.05. The Morgan fingerprint density at radius 3 is 3.07 bits per heavy atom. The third kappa shape index (κ3) is 3.99. The minimum absolute atomic E-state index is 0.0320. The number of aliphatic hydroxyl groups is 1. The Morgan fingerprint density at radius 1 is 1.80 bits per heavy atom. The van der Waals surface area contributed by atoms with Crippen LogP contribution in [0.5, 0.6) is 0 Å². The number of nitrogen functional groups attached to an aromatic ring is 1. The Morgan fingerprint density at radius 2 is 2.53 bits per heavy atom. The molecule has 0 radical (unpaired) electrons. The van der Waals surface area contributed by atoms with E-state index in [1.165, 1.54) is 4.68 Å². The van der Waals surface area contributed by atoms with Crippen molar-refractivity contribution in [2.45, 2.75) is 25.9 Å². The van der Waals surface area contributed by atoms with Crippen LogP contribution in [0, 0.1) is 0 Å². The number of amides is 1. The van der Waals surface area contributed by atoms with Crippen molar-refractivity contribution in [1.82, 2.24) is 15.1 Å². The summed E-state index contributed by atoms with van der Waals surface area (Å²) >= 11 is 0. The Labute approximate surface area is 88.1 Å². The lowest BCUT2D eigenvalue weighted by molar-refractivity contribution is -0.122. The second-order valence-electron chi connectivity index (χ2n) is 3.42. The SMILES string of the molecule is CC(CCO)NC(=O)Cn1ccc(N)n1. The number of nitrogens with one attached hydrogen (secondary N) is 1. The van der Waals surface area contributed by atoms with Gasteiger partial charge in [-0.15, -0.1) is 0 Å². The molecule has 0 aromatic carbocycles. The van der Waals surface area contributed by atoms with Gasteiger partial charge in [-0.25, -0.2) is 0 Å². The summed E-state index contributed by atoms with van der Waals surface area (Å²) < 4.78 is 1.47.